The molecule has 2 rings (SSSR count). The van der Waals surface area contributed by atoms with Crippen LogP contribution < -0.4 is 0 Å². The highest BCUT2D eigenvalue weighted by atomic mass is 16.5. The summed E-state index contributed by atoms with van der Waals surface area (Å²) in [5.41, 5.74) is 0.661. The molecule has 3 nitrogen and oxygen atoms in total. The Labute approximate surface area is 112 Å². The molecule has 0 amide bonds. The lowest BCUT2D eigenvalue weighted by Crippen LogP contribution is -2.17. The minimum Gasteiger partial charge on any atom is -0.469 e. The van der Waals surface area contributed by atoms with Crippen LogP contribution in [0.1, 0.15) is 23.7 Å². The third-order valence-electron chi connectivity index (χ3n) is 3.19. The van der Waals surface area contributed by atoms with Crippen LogP contribution in [-0.2, 0) is 9.53 Å². The van der Waals surface area contributed by atoms with Crippen molar-refractivity contribution in [3.63, 3.8) is 0 Å². The number of rotatable bonds is 4. The van der Waals surface area contributed by atoms with E-state index in [0.717, 1.165) is 10.8 Å². The average molecular weight is 256 g/mol. The number of carbonyl (C=O) groups is 2. The molecule has 0 heterocycles. The van der Waals surface area contributed by atoms with Gasteiger partial charge in [0, 0.05) is 12.0 Å². The van der Waals surface area contributed by atoms with E-state index in [-0.39, 0.29) is 18.2 Å². The molecule has 0 N–H and O–H groups in total. The van der Waals surface area contributed by atoms with E-state index in [4.69, 9.17) is 0 Å². The first kappa shape index (κ1) is 13.3. The molecule has 0 aliphatic carbocycles. The molecule has 0 bridgehead atoms. The Morgan fingerprint density at radius 3 is 2.53 bits per heavy atom. The summed E-state index contributed by atoms with van der Waals surface area (Å²) in [4.78, 5) is 23.6. The largest absolute Gasteiger partial charge is 0.469 e. The van der Waals surface area contributed by atoms with Gasteiger partial charge in [-0.1, -0.05) is 49.4 Å². The summed E-state index contributed by atoms with van der Waals surface area (Å²) in [6.07, 6.45) is 0.167. The number of hydrogen-bond acceptors (Lipinski definition) is 3. The number of benzene rings is 2. The smallest absolute Gasteiger partial charge is 0.308 e. The van der Waals surface area contributed by atoms with Gasteiger partial charge in [-0.3, -0.25) is 9.59 Å². The molecule has 0 aromatic heterocycles. The molecule has 2 aromatic carbocycles. The van der Waals surface area contributed by atoms with E-state index in [0.29, 0.717) is 5.56 Å². The predicted octanol–water partition coefficient (Wildman–Crippen LogP) is 3.22. The average Bonchev–Trinajstić information content (AvgIpc) is 2.45. The van der Waals surface area contributed by atoms with Crippen LogP contribution in [0.25, 0.3) is 10.8 Å². The van der Waals surface area contributed by atoms with E-state index < -0.39 is 5.92 Å². The Balaban J connectivity index is 2.29. The van der Waals surface area contributed by atoms with E-state index in [1.165, 1.54) is 7.11 Å². The topological polar surface area (TPSA) is 43.4 Å². The molecule has 0 saturated heterocycles. The molecule has 0 radical (unpaired) electrons. The van der Waals surface area contributed by atoms with Crippen molar-refractivity contribution in [2.75, 3.05) is 7.11 Å². The quantitative estimate of drug-likeness (QED) is 0.623. The lowest BCUT2D eigenvalue weighted by Gasteiger charge is -2.09. The zero-order valence-electron chi connectivity index (χ0n) is 11.1. The second kappa shape index (κ2) is 5.65. The molecular weight excluding hydrogens is 240 g/mol. The Hall–Kier alpha value is -2.16. The van der Waals surface area contributed by atoms with E-state index >= 15 is 0 Å². The maximum atomic E-state index is 12.3. The van der Waals surface area contributed by atoms with Gasteiger partial charge >= 0.3 is 5.97 Å². The summed E-state index contributed by atoms with van der Waals surface area (Å²) in [5.74, 6) is -0.806. The first-order valence-electron chi connectivity index (χ1n) is 6.22. The van der Waals surface area contributed by atoms with Crippen LogP contribution in [0.15, 0.2) is 42.5 Å². The highest BCUT2D eigenvalue weighted by molar-refractivity contribution is 6.08. The highest BCUT2D eigenvalue weighted by Gasteiger charge is 2.19. The van der Waals surface area contributed by atoms with Crippen molar-refractivity contribution < 1.29 is 14.3 Å². The second-order valence-corrected chi connectivity index (χ2v) is 4.58. The number of fused-ring (bicyclic) bond motifs is 1. The molecular formula is C16H16O3. The minimum absolute atomic E-state index is 0.0327. The van der Waals surface area contributed by atoms with Crippen molar-refractivity contribution in [1.82, 2.24) is 0 Å². The number of methoxy groups -OCH3 is 1. The van der Waals surface area contributed by atoms with Crippen LogP contribution in [0.3, 0.4) is 0 Å². The maximum Gasteiger partial charge on any atom is 0.308 e. The fraction of sp³-hybridized carbons (Fsp3) is 0.250. The molecule has 1 atom stereocenters. The van der Waals surface area contributed by atoms with Gasteiger partial charge in [0.1, 0.15) is 0 Å². The van der Waals surface area contributed by atoms with Gasteiger partial charge in [-0.05, 0) is 10.8 Å². The molecule has 0 saturated carbocycles. The number of hydrogen-bond donors (Lipinski definition) is 0. The van der Waals surface area contributed by atoms with Crippen LogP contribution in [-0.4, -0.2) is 18.9 Å². The van der Waals surface area contributed by atoms with E-state index in [1.807, 2.05) is 36.4 Å². The Kier molecular flexibility index (Phi) is 3.95. The molecule has 0 aliphatic heterocycles. The van der Waals surface area contributed by atoms with Crippen molar-refractivity contribution in [2.45, 2.75) is 13.3 Å². The molecule has 98 valence electrons. The maximum absolute atomic E-state index is 12.3. The first-order chi connectivity index (χ1) is 9.13. The standard InChI is InChI=1S/C16H16O3/c1-11(16(18)19-2)10-15(17)14-9-5-7-12-6-3-4-8-13(12)14/h3-9,11H,10H2,1-2H3. The lowest BCUT2D eigenvalue weighted by atomic mass is 9.95. The van der Waals surface area contributed by atoms with Gasteiger partial charge in [0.2, 0.25) is 0 Å². The van der Waals surface area contributed by atoms with Gasteiger partial charge in [-0.25, -0.2) is 0 Å². The lowest BCUT2D eigenvalue weighted by molar-refractivity contribution is -0.144. The Morgan fingerprint density at radius 2 is 1.79 bits per heavy atom. The Morgan fingerprint density at radius 1 is 1.11 bits per heavy atom. The van der Waals surface area contributed by atoms with E-state index in [2.05, 4.69) is 4.74 Å². The summed E-state index contributed by atoms with van der Waals surface area (Å²) < 4.78 is 4.65. The van der Waals surface area contributed by atoms with Gasteiger partial charge in [0.25, 0.3) is 0 Å². The van der Waals surface area contributed by atoms with Crippen LogP contribution in [0, 0.1) is 5.92 Å². The van der Waals surface area contributed by atoms with Crippen LogP contribution in [0.2, 0.25) is 0 Å². The van der Waals surface area contributed by atoms with E-state index in [1.54, 1.807) is 13.0 Å². The van der Waals surface area contributed by atoms with Gasteiger partial charge < -0.3 is 4.74 Å². The van der Waals surface area contributed by atoms with Crippen molar-refractivity contribution in [1.29, 1.82) is 0 Å². The SMILES string of the molecule is COC(=O)C(C)CC(=O)c1cccc2ccccc12. The molecule has 1 unspecified atom stereocenters. The third kappa shape index (κ3) is 2.81. The van der Waals surface area contributed by atoms with Gasteiger partial charge in [-0.15, -0.1) is 0 Å². The van der Waals surface area contributed by atoms with Crippen molar-refractivity contribution in [3.05, 3.63) is 48.0 Å². The summed E-state index contributed by atoms with van der Waals surface area (Å²) in [7, 11) is 1.33. The van der Waals surface area contributed by atoms with E-state index in [9.17, 15) is 9.59 Å². The summed E-state index contributed by atoms with van der Waals surface area (Å²) in [6, 6.07) is 13.4. The zero-order valence-corrected chi connectivity index (χ0v) is 11.1. The molecule has 0 fully saturated rings. The monoisotopic (exact) mass is 256 g/mol. The predicted molar refractivity (Wildman–Crippen MR) is 74.1 cm³/mol. The van der Waals surface area contributed by atoms with Crippen LogP contribution >= 0.6 is 0 Å². The Bertz CT molecular complexity index is 611. The normalized spacial score (nSPS) is 12.1. The van der Waals surface area contributed by atoms with Gasteiger partial charge in [-0.2, -0.15) is 0 Å². The van der Waals surface area contributed by atoms with Gasteiger partial charge in [0.05, 0.1) is 13.0 Å². The molecule has 19 heavy (non-hydrogen) atoms. The summed E-state index contributed by atoms with van der Waals surface area (Å²) in [6.45, 7) is 1.70. The fourth-order valence-corrected chi connectivity index (χ4v) is 2.14. The number of Topliss-reactive ketones (excluding diaryl/α,β-unsaturated/α-hetero) is 1. The third-order valence-corrected chi connectivity index (χ3v) is 3.19. The minimum atomic E-state index is -0.420. The number of ether oxygens (including phenoxy) is 1. The van der Waals surface area contributed by atoms with Gasteiger partial charge in [0.15, 0.2) is 5.78 Å². The molecule has 0 spiro atoms. The van der Waals surface area contributed by atoms with Crippen LogP contribution in [0.5, 0.6) is 0 Å². The summed E-state index contributed by atoms with van der Waals surface area (Å²) in [5, 5.41) is 1.95. The zero-order chi connectivity index (χ0) is 13.8. The molecule has 0 aliphatic rings. The van der Waals surface area contributed by atoms with Crippen LogP contribution in [0.4, 0.5) is 0 Å². The van der Waals surface area contributed by atoms with Crippen molar-refractivity contribution in [3.8, 4) is 0 Å². The van der Waals surface area contributed by atoms with Crippen molar-refractivity contribution in [2.24, 2.45) is 5.92 Å². The first-order valence-corrected chi connectivity index (χ1v) is 6.22. The molecule has 2 aromatic rings. The van der Waals surface area contributed by atoms with Crippen molar-refractivity contribution >= 4 is 22.5 Å². The number of esters is 1. The highest BCUT2D eigenvalue weighted by Crippen LogP contribution is 2.21. The molecule has 3 heteroatoms. The number of carbonyl (C=O) groups excluding carboxylic acids is 2. The second-order valence-electron chi connectivity index (χ2n) is 4.58. The fourth-order valence-electron chi connectivity index (χ4n) is 2.14. The number of ketones is 1. The summed E-state index contributed by atoms with van der Waals surface area (Å²) >= 11 is 0.